The first-order chi connectivity index (χ1) is 6.61. The first-order valence-electron chi connectivity index (χ1n) is 4.73. The molecule has 0 fully saturated rings. The smallest absolute Gasteiger partial charge is 0.127 e. The van der Waals surface area contributed by atoms with E-state index in [1.54, 1.807) is 0 Å². The maximum Gasteiger partial charge on any atom is 0.127 e. The van der Waals surface area contributed by atoms with E-state index in [1.807, 2.05) is 44.2 Å². The summed E-state index contributed by atoms with van der Waals surface area (Å²) in [6.45, 7) is 4.11. The van der Waals surface area contributed by atoms with Gasteiger partial charge >= 0.3 is 0 Å². The van der Waals surface area contributed by atoms with Crippen molar-refractivity contribution < 1.29 is 9.84 Å². The molecule has 1 N–H and O–H groups in total. The first-order valence-corrected chi connectivity index (χ1v) is 4.73. The van der Waals surface area contributed by atoms with Crippen LogP contribution >= 0.6 is 0 Å². The zero-order chi connectivity index (χ0) is 10.2. The Labute approximate surface area is 83.8 Å². The zero-order valence-electron chi connectivity index (χ0n) is 8.45. The molecule has 0 aliphatic carbocycles. The Morgan fingerprint density at radius 3 is 2.86 bits per heavy atom. The molecule has 0 saturated heterocycles. The summed E-state index contributed by atoms with van der Waals surface area (Å²) < 4.78 is 5.75. The molecule has 0 atom stereocenters. The third kappa shape index (κ3) is 1.66. The SMILES string of the molecule is CC1(C)C=Cc2cc(CO)ccc2O1. The van der Waals surface area contributed by atoms with E-state index in [0.717, 1.165) is 16.9 Å². The molecule has 0 amide bonds. The molecule has 0 spiro atoms. The highest BCUT2D eigenvalue weighted by Gasteiger charge is 2.21. The molecule has 0 bridgehead atoms. The molecule has 0 unspecified atom stereocenters. The molecular formula is C12H14O2. The summed E-state index contributed by atoms with van der Waals surface area (Å²) >= 11 is 0. The molecule has 1 aromatic carbocycles. The van der Waals surface area contributed by atoms with Gasteiger partial charge < -0.3 is 9.84 Å². The van der Waals surface area contributed by atoms with Crippen LogP contribution in [0.5, 0.6) is 5.75 Å². The zero-order valence-corrected chi connectivity index (χ0v) is 8.45. The summed E-state index contributed by atoms with van der Waals surface area (Å²) in [6.07, 6.45) is 4.06. The van der Waals surface area contributed by atoms with Crippen LogP contribution in [-0.4, -0.2) is 10.7 Å². The quantitative estimate of drug-likeness (QED) is 0.736. The van der Waals surface area contributed by atoms with Crippen molar-refractivity contribution in [3.05, 3.63) is 35.4 Å². The summed E-state index contributed by atoms with van der Waals surface area (Å²) in [6, 6.07) is 5.74. The molecule has 0 radical (unpaired) electrons. The maximum absolute atomic E-state index is 8.98. The van der Waals surface area contributed by atoms with Crippen LogP contribution in [0.3, 0.4) is 0 Å². The Balaban J connectivity index is 2.41. The predicted molar refractivity (Wildman–Crippen MR) is 56.1 cm³/mol. The van der Waals surface area contributed by atoms with Crippen LogP contribution in [-0.2, 0) is 6.61 Å². The Hall–Kier alpha value is -1.28. The fraction of sp³-hybridized carbons (Fsp3) is 0.333. The van der Waals surface area contributed by atoms with Crippen LogP contribution in [0.25, 0.3) is 6.08 Å². The van der Waals surface area contributed by atoms with Gasteiger partial charge in [-0.1, -0.05) is 12.1 Å². The van der Waals surface area contributed by atoms with Gasteiger partial charge in [0, 0.05) is 5.56 Å². The molecule has 1 heterocycles. The fourth-order valence-corrected chi connectivity index (χ4v) is 1.53. The van der Waals surface area contributed by atoms with Crippen molar-refractivity contribution in [2.45, 2.75) is 26.1 Å². The van der Waals surface area contributed by atoms with E-state index in [0.29, 0.717) is 0 Å². The minimum Gasteiger partial charge on any atom is -0.483 e. The number of hydrogen-bond donors (Lipinski definition) is 1. The Kier molecular flexibility index (Phi) is 2.08. The van der Waals surface area contributed by atoms with Crippen molar-refractivity contribution in [1.29, 1.82) is 0 Å². The highest BCUT2D eigenvalue weighted by Crippen LogP contribution is 2.31. The molecule has 14 heavy (non-hydrogen) atoms. The van der Waals surface area contributed by atoms with Gasteiger partial charge in [-0.3, -0.25) is 0 Å². The van der Waals surface area contributed by atoms with Crippen molar-refractivity contribution in [2.24, 2.45) is 0 Å². The summed E-state index contributed by atoms with van der Waals surface area (Å²) in [4.78, 5) is 0. The number of benzene rings is 1. The van der Waals surface area contributed by atoms with Gasteiger partial charge in [0.25, 0.3) is 0 Å². The lowest BCUT2D eigenvalue weighted by atomic mass is 10.0. The van der Waals surface area contributed by atoms with E-state index in [4.69, 9.17) is 9.84 Å². The molecule has 0 saturated carbocycles. The van der Waals surface area contributed by atoms with Crippen LogP contribution < -0.4 is 4.74 Å². The molecule has 2 rings (SSSR count). The molecule has 0 aromatic heterocycles. The van der Waals surface area contributed by atoms with Gasteiger partial charge in [-0.05, 0) is 37.6 Å². The van der Waals surface area contributed by atoms with Crippen LogP contribution in [0.4, 0.5) is 0 Å². The Morgan fingerprint density at radius 1 is 1.36 bits per heavy atom. The molecule has 74 valence electrons. The van der Waals surface area contributed by atoms with E-state index in [-0.39, 0.29) is 12.2 Å². The average molecular weight is 190 g/mol. The van der Waals surface area contributed by atoms with Gasteiger partial charge in [-0.25, -0.2) is 0 Å². The van der Waals surface area contributed by atoms with E-state index in [1.165, 1.54) is 0 Å². The topological polar surface area (TPSA) is 29.5 Å². The number of aliphatic hydroxyl groups is 1. The van der Waals surface area contributed by atoms with E-state index >= 15 is 0 Å². The number of aliphatic hydroxyl groups excluding tert-OH is 1. The third-order valence-electron chi connectivity index (χ3n) is 2.29. The van der Waals surface area contributed by atoms with E-state index < -0.39 is 0 Å². The Bertz CT molecular complexity index is 378. The first kappa shape index (κ1) is 9.28. The number of ether oxygens (including phenoxy) is 1. The van der Waals surface area contributed by atoms with Gasteiger partial charge in [0.15, 0.2) is 0 Å². The van der Waals surface area contributed by atoms with Crippen molar-refractivity contribution in [3.63, 3.8) is 0 Å². The Morgan fingerprint density at radius 2 is 2.14 bits per heavy atom. The predicted octanol–water partition coefficient (Wildman–Crippen LogP) is 2.36. The van der Waals surface area contributed by atoms with Crippen molar-refractivity contribution in [2.75, 3.05) is 0 Å². The third-order valence-corrected chi connectivity index (χ3v) is 2.29. The van der Waals surface area contributed by atoms with E-state index in [9.17, 15) is 0 Å². The molecule has 1 aromatic rings. The molecule has 1 aliphatic rings. The second-order valence-corrected chi connectivity index (χ2v) is 4.07. The maximum atomic E-state index is 8.98. The lowest BCUT2D eigenvalue weighted by Gasteiger charge is -2.27. The fourth-order valence-electron chi connectivity index (χ4n) is 1.53. The van der Waals surface area contributed by atoms with Crippen LogP contribution in [0.2, 0.25) is 0 Å². The van der Waals surface area contributed by atoms with Gasteiger partial charge in [-0.2, -0.15) is 0 Å². The molecular weight excluding hydrogens is 176 g/mol. The lowest BCUT2D eigenvalue weighted by Crippen LogP contribution is -2.27. The van der Waals surface area contributed by atoms with Crippen molar-refractivity contribution in [1.82, 2.24) is 0 Å². The molecule has 1 aliphatic heterocycles. The largest absolute Gasteiger partial charge is 0.483 e. The summed E-state index contributed by atoms with van der Waals surface area (Å²) in [5, 5.41) is 8.98. The van der Waals surface area contributed by atoms with Gasteiger partial charge in [0.05, 0.1) is 6.61 Å². The average Bonchev–Trinajstić information content (AvgIpc) is 2.16. The highest BCUT2D eigenvalue weighted by atomic mass is 16.5. The van der Waals surface area contributed by atoms with Crippen LogP contribution in [0.1, 0.15) is 25.0 Å². The molecule has 2 heteroatoms. The van der Waals surface area contributed by atoms with Crippen LogP contribution in [0, 0.1) is 0 Å². The number of rotatable bonds is 1. The summed E-state index contributed by atoms with van der Waals surface area (Å²) in [5.74, 6) is 0.884. The number of hydrogen-bond acceptors (Lipinski definition) is 2. The lowest BCUT2D eigenvalue weighted by molar-refractivity contribution is 0.159. The van der Waals surface area contributed by atoms with Crippen LogP contribution in [0.15, 0.2) is 24.3 Å². The van der Waals surface area contributed by atoms with Crippen molar-refractivity contribution >= 4 is 6.08 Å². The second kappa shape index (κ2) is 3.14. The summed E-state index contributed by atoms with van der Waals surface area (Å²) in [5.41, 5.74) is 1.72. The van der Waals surface area contributed by atoms with E-state index in [2.05, 4.69) is 0 Å². The van der Waals surface area contributed by atoms with Gasteiger partial charge in [0.2, 0.25) is 0 Å². The standard InChI is InChI=1S/C12H14O2/c1-12(2)6-5-10-7-9(8-13)3-4-11(10)14-12/h3-7,13H,8H2,1-2H3. The monoisotopic (exact) mass is 190 g/mol. The second-order valence-electron chi connectivity index (χ2n) is 4.07. The normalized spacial score (nSPS) is 17.4. The minimum atomic E-state index is -0.228. The summed E-state index contributed by atoms with van der Waals surface area (Å²) in [7, 11) is 0. The molecule has 2 nitrogen and oxygen atoms in total. The van der Waals surface area contributed by atoms with Gasteiger partial charge in [0.1, 0.15) is 11.4 Å². The number of fused-ring (bicyclic) bond motifs is 1. The minimum absolute atomic E-state index is 0.0739. The van der Waals surface area contributed by atoms with Crippen molar-refractivity contribution in [3.8, 4) is 5.75 Å². The van der Waals surface area contributed by atoms with Gasteiger partial charge in [-0.15, -0.1) is 0 Å². The highest BCUT2D eigenvalue weighted by molar-refractivity contribution is 5.61.